The van der Waals surface area contributed by atoms with Crippen molar-refractivity contribution < 1.29 is 9.53 Å². The van der Waals surface area contributed by atoms with E-state index in [4.69, 9.17) is 4.74 Å². The largest absolute Gasteiger partial charge is 0.483 e. The van der Waals surface area contributed by atoms with Crippen LogP contribution in [-0.4, -0.2) is 42.1 Å². The first-order valence-corrected chi connectivity index (χ1v) is 9.23. The van der Waals surface area contributed by atoms with E-state index >= 15 is 0 Å². The predicted octanol–water partition coefficient (Wildman–Crippen LogP) is 2.81. The highest BCUT2D eigenvalue weighted by molar-refractivity contribution is 5.78. The first kappa shape index (κ1) is 15.9. The van der Waals surface area contributed by atoms with E-state index < -0.39 is 0 Å². The Morgan fingerprint density at radius 3 is 2.83 bits per heavy atom. The van der Waals surface area contributed by atoms with Crippen molar-refractivity contribution in [1.29, 1.82) is 0 Å². The summed E-state index contributed by atoms with van der Waals surface area (Å²) in [7, 11) is 0. The van der Waals surface area contributed by atoms with E-state index in [0.717, 1.165) is 29.8 Å². The molecule has 0 spiro atoms. The third-order valence-electron chi connectivity index (χ3n) is 6.51. The van der Waals surface area contributed by atoms with Crippen LogP contribution >= 0.6 is 0 Å². The summed E-state index contributed by atoms with van der Waals surface area (Å²) in [5.41, 5.74) is 2.43. The van der Waals surface area contributed by atoms with Gasteiger partial charge in [0.05, 0.1) is 0 Å². The Labute approximate surface area is 144 Å². The Kier molecular flexibility index (Phi) is 3.83. The van der Waals surface area contributed by atoms with Crippen LogP contribution in [0, 0.1) is 19.3 Å². The molecule has 1 aliphatic carbocycles. The van der Waals surface area contributed by atoms with Crippen molar-refractivity contribution in [3.63, 3.8) is 0 Å². The van der Waals surface area contributed by atoms with E-state index in [9.17, 15) is 4.79 Å². The Morgan fingerprint density at radius 1 is 1.33 bits per heavy atom. The van der Waals surface area contributed by atoms with Gasteiger partial charge in [0.1, 0.15) is 5.75 Å². The SMILES string of the molecule is Cc1cccc(C)c1OCC(=O)N1C[C@@H]2C[C@@]3(C)[C@H](CCC[C@@H]13)N2. The van der Waals surface area contributed by atoms with Gasteiger partial charge in [-0.2, -0.15) is 0 Å². The summed E-state index contributed by atoms with van der Waals surface area (Å²) in [4.78, 5) is 15.0. The zero-order chi connectivity index (χ0) is 16.9. The number of rotatable bonds is 3. The normalized spacial score (nSPS) is 34.3. The summed E-state index contributed by atoms with van der Waals surface area (Å²) < 4.78 is 5.93. The number of nitrogens with one attached hydrogen (secondary N) is 1. The molecule has 2 bridgehead atoms. The van der Waals surface area contributed by atoms with Crippen LogP contribution in [0.3, 0.4) is 0 Å². The smallest absolute Gasteiger partial charge is 0.260 e. The molecule has 2 aliphatic heterocycles. The quantitative estimate of drug-likeness (QED) is 0.928. The molecule has 0 radical (unpaired) electrons. The Morgan fingerprint density at radius 2 is 2.08 bits per heavy atom. The van der Waals surface area contributed by atoms with E-state index in [1.807, 2.05) is 32.0 Å². The number of fused-ring (bicyclic) bond motifs is 1. The van der Waals surface area contributed by atoms with Gasteiger partial charge in [-0.15, -0.1) is 0 Å². The number of benzene rings is 1. The summed E-state index contributed by atoms with van der Waals surface area (Å²) in [6.45, 7) is 7.43. The van der Waals surface area contributed by atoms with E-state index in [0.29, 0.717) is 18.1 Å². The van der Waals surface area contributed by atoms with Gasteiger partial charge in [0.2, 0.25) is 0 Å². The van der Waals surface area contributed by atoms with Crippen LogP contribution < -0.4 is 10.1 Å². The van der Waals surface area contributed by atoms with Crippen molar-refractivity contribution in [1.82, 2.24) is 10.2 Å². The lowest BCUT2D eigenvalue weighted by Gasteiger charge is -2.50. The summed E-state index contributed by atoms with van der Waals surface area (Å²) in [5, 5.41) is 3.77. The highest BCUT2D eigenvalue weighted by atomic mass is 16.5. The lowest BCUT2D eigenvalue weighted by molar-refractivity contribution is -0.142. The van der Waals surface area contributed by atoms with E-state index in [-0.39, 0.29) is 17.9 Å². The second-order valence-corrected chi connectivity index (χ2v) is 8.13. The average molecular weight is 328 g/mol. The van der Waals surface area contributed by atoms with E-state index in [1.165, 1.54) is 19.3 Å². The number of likely N-dealkylation sites (tertiary alicyclic amines) is 1. The molecule has 1 N–H and O–H groups in total. The maximum absolute atomic E-state index is 12.9. The van der Waals surface area contributed by atoms with Gasteiger partial charge < -0.3 is 15.0 Å². The van der Waals surface area contributed by atoms with Crippen molar-refractivity contribution in [3.8, 4) is 5.75 Å². The monoisotopic (exact) mass is 328 g/mol. The first-order chi connectivity index (χ1) is 11.5. The van der Waals surface area contributed by atoms with Crippen LogP contribution in [-0.2, 0) is 4.79 Å². The zero-order valence-corrected chi connectivity index (χ0v) is 15.0. The maximum atomic E-state index is 12.9. The molecule has 0 unspecified atom stereocenters. The predicted molar refractivity (Wildman–Crippen MR) is 94.2 cm³/mol. The molecule has 4 nitrogen and oxygen atoms in total. The lowest BCUT2D eigenvalue weighted by Crippen LogP contribution is -2.58. The van der Waals surface area contributed by atoms with Crippen LogP contribution in [0.5, 0.6) is 5.75 Å². The molecule has 0 aromatic heterocycles. The van der Waals surface area contributed by atoms with Crippen molar-refractivity contribution in [2.75, 3.05) is 13.2 Å². The molecule has 3 fully saturated rings. The third kappa shape index (κ3) is 2.43. The Balaban J connectivity index is 1.49. The number of amides is 1. The second-order valence-electron chi connectivity index (χ2n) is 8.13. The summed E-state index contributed by atoms with van der Waals surface area (Å²) in [5.74, 6) is 1.000. The van der Waals surface area contributed by atoms with Crippen LogP contribution in [0.25, 0.3) is 0 Å². The zero-order valence-electron chi connectivity index (χ0n) is 15.0. The number of ether oxygens (including phenoxy) is 1. The molecule has 1 aromatic rings. The highest BCUT2D eigenvalue weighted by Gasteiger charge is 2.56. The second kappa shape index (κ2) is 5.76. The van der Waals surface area contributed by atoms with Gasteiger partial charge in [0, 0.05) is 30.1 Å². The van der Waals surface area contributed by atoms with Crippen molar-refractivity contribution in [2.45, 2.75) is 64.6 Å². The molecule has 1 saturated carbocycles. The van der Waals surface area contributed by atoms with Crippen LogP contribution in [0.1, 0.15) is 43.7 Å². The Hall–Kier alpha value is -1.55. The number of carbonyl (C=O) groups excluding carboxylic acids is 1. The standard InChI is InChI=1S/C20H28N2O2/c1-13-6-4-7-14(2)19(13)24-12-18(23)22-11-15-10-20(3)16(21-15)8-5-9-17(20)22/h4,6-7,15-17,21H,5,8-12H2,1-3H3/t15-,16-,17+,20-/m0/s1. The summed E-state index contributed by atoms with van der Waals surface area (Å²) in [6.07, 6.45) is 4.82. The average Bonchev–Trinajstić information content (AvgIpc) is 2.87. The topological polar surface area (TPSA) is 41.6 Å². The number of nitrogens with zero attached hydrogens (tertiary/aromatic N) is 1. The number of piperidine rings is 1. The fourth-order valence-electron chi connectivity index (χ4n) is 5.35. The number of aryl methyl sites for hydroxylation is 2. The molecule has 130 valence electrons. The molecule has 1 amide bonds. The molecule has 4 atom stereocenters. The molecule has 2 heterocycles. The van der Waals surface area contributed by atoms with Gasteiger partial charge in [0.25, 0.3) is 5.91 Å². The third-order valence-corrected chi connectivity index (χ3v) is 6.51. The molecule has 4 heteroatoms. The molecule has 2 saturated heterocycles. The van der Waals surface area contributed by atoms with Crippen LogP contribution in [0.15, 0.2) is 18.2 Å². The van der Waals surface area contributed by atoms with Crippen molar-refractivity contribution in [3.05, 3.63) is 29.3 Å². The van der Waals surface area contributed by atoms with Crippen LogP contribution in [0.2, 0.25) is 0 Å². The van der Waals surface area contributed by atoms with E-state index in [2.05, 4.69) is 17.1 Å². The summed E-state index contributed by atoms with van der Waals surface area (Å²) >= 11 is 0. The summed E-state index contributed by atoms with van der Waals surface area (Å²) in [6, 6.07) is 7.50. The fraction of sp³-hybridized carbons (Fsp3) is 0.650. The van der Waals surface area contributed by atoms with Crippen molar-refractivity contribution >= 4 is 5.91 Å². The first-order valence-electron chi connectivity index (χ1n) is 9.23. The fourth-order valence-corrected chi connectivity index (χ4v) is 5.35. The minimum atomic E-state index is 0.142. The van der Waals surface area contributed by atoms with Crippen LogP contribution in [0.4, 0.5) is 0 Å². The molecule has 3 aliphatic rings. The minimum Gasteiger partial charge on any atom is -0.483 e. The van der Waals surface area contributed by atoms with Crippen molar-refractivity contribution in [2.24, 2.45) is 5.41 Å². The van der Waals surface area contributed by atoms with E-state index in [1.54, 1.807) is 0 Å². The van der Waals surface area contributed by atoms with Gasteiger partial charge in [0.15, 0.2) is 6.61 Å². The minimum absolute atomic E-state index is 0.142. The van der Waals surface area contributed by atoms with Gasteiger partial charge in [-0.05, 0) is 50.7 Å². The molecule has 4 rings (SSSR count). The molecular weight excluding hydrogens is 300 g/mol. The number of hydrogen-bond acceptors (Lipinski definition) is 3. The molecule has 24 heavy (non-hydrogen) atoms. The highest BCUT2D eigenvalue weighted by Crippen LogP contribution is 2.49. The Bertz CT molecular complexity index is 639. The maximum Gasteiger partial charge on any atom is 0.260 e. The number of para-hydroxylation sites is 1. The van der Waals surface area contributed by atoms with Gasteiger partial charge in [-0.3, -0.25) is 4.79 Å². The van der Waals surface area contributed by atoms with Gasteiger partial charge in [-0.25, -0.2) is 0 Å². The van der Waals surface area contributed by atoms with Gasteiger partial charge >= 0.3 is 0 Å². The number of hydrogen-bond donors (Lipinski definition) is 1. The molecular formula is C20H28N2O2. The molecule has 1 aromatic carbocycles. The number of carbonyl (C=O) groups is 1. The van der Waals surface area contributed by atoms with Gasteiger partial charge in [-0.1, -0.05) is 25.1 Å². The lowest BCUT2D eigenvalue weighted by atomic mass is 9.66.